The molecule has 104 valence electrons. The van der Waals surface area contributed by atoms with Crippen LogP contribution in [-0.4, -0.2) is 34.8 Å². The molecular formula is C15H20O3S. The Bertz CT molecular complexity index is 470. The average molecular weight is 280 g/mol. The Hall–Kier alpha value is -0.740. The lowest BCUT2D eigenvalue weighted by atomic mass is 9.79. The van der Waals surface area contributed by atoms with Crippen LogP contribution in [0.15, 0.2) is 23.8 Å². The van der Waals surface area contributed by atoms with E-state index in [1.54, 1.807) is 0 Å². The predicted octanol–water partition coefficient (Wildman–Crippen LogP) is 2.31. The van der Waals surface area contributed by atoms with Crippen molar-refractivity contribution in [1.82, 2.24) is 0 Å². The highest BCUT2D eigenvalue weighted by Crippen LogP contribution is 2.62. The van der Waals surface area contributed by atoms with Crippen LogP contribution in [0.2, 0.25) is 0 Å². The van der Waals surface area contributed by atoms with Gasteiger partial charge < -0.3 is 9.84 Å². The molecule has 0 amide bonds. The first-order chi connectivity index (χ1) is 9.09. The second-order valence-electron chi connectivity index (χ2n) is 5.71. The van der Waals surface area contributed by atoms with Crippen LogP contribution in [0.25, 0.3) is 0 Å². The minimum Gasteiger partial charge on any atom is -0.468 e. The quantitative estimate of drug-likeness (QED) is 0.636. The van der Waals surface area contributed by atoms with Crippen LogP contribution in [0.3, 0.4) is 0 Å². The number of carbonyl (C=O) groups is 1. The highest BCUT2D eigenvalue weighted by Gasteiger charge is 2.67. The second kappa shape index (κ2) is 4.38. The van der Waals surface area contributed by atoms with Gasteiger partial charge in [0.15, 0.2) is 0 Å². The Morgan fingerprint density at radius 1 is 1.53 bits per heavy atom. The second-order valence-corrected chi connectivity index (χ2v) is 6.79. The van der Waals surface area contributed by atoms with E-state index in [9.17, 15) is 9.90 Å². The zero-order valence-corrected chi connectivity index (χ0v) is 12.2. The van der Waals surface area contributed by atoms with Crippen LogP contribution < -0.4 is 0 Å². The van der Waals surface area contributed by atoms with E-state index in [1.165, 1.54) is 18.9 Å². The fourth-order valence-corrected chi connectivity index (χ4v) is 5.39. The average Bonchev–Trinajstić information content (AvgIpc) is 3.11. The number of hydrogen-bond acceptors (Lipinski definition) is 4. The maximum atomic E-state index is 12.3. The van der Waals surface area contributed by atoms with E-state index in [-0.39, 0.29) is 17.8 Å². The summed E-state index contributed by atoms with van der Waals surface area (Å²) >= 11 is 1.53. The zero-order chi connectivity index (χ0) is 13.7. The lowest BCUT2D eigenvalue weighted by Gasteiger charge is -2.35. The number of allylic oxidation sites excluding steroid dienone is 2. The van der Waals surface area contributed by atoms with Gasteiger partial charge in [0.1, 0.15) is 4.75 Å². The van der Waals surface area contributed by atoms with E-state index in [0.717, 1.165) is 24.8 Å². The molecule has 1 fully saturated rings. The third kappa shape index (κ3) is 1.53. The largest absolute Gasteiger partial charge is 0.468 e. The number of rotatable bonds is 3. The molecule has 2 bridgehead atoms. The lowest BCUT2D eigenvalue weighted by molar-refractivity contribution is -0.145. The first kappa shape index (κ1) is 13.3. The summed E-state index contributed by atoms with van der Waals surface area (Å²) in [6.45, 7) is 0. The minimum absolute atomic E-state index is 0.0754. The van der Waals surface area contributed by atoms with Crippen molar-refractivity contribution in [2.24, 2.45) is 11.8 Å². The Balaban J connectivity index is 2.02. The smallest absolute Gasteiger partial charge is 0.323 e. The lowest BCUT2D eigenvalue weighted by Crippen LogP contribution is -2.47. The summed E-state index contributed by atoms with van der Waals surface area (Å²) in [5.41, 5.74) is 0.291. The summed E-state index contributed by atoms with van der Waals surface area (Å²) in [5, 5.41) is 11.2. The van der Waals surface area contributed by atoms with Crippen molar-refractivity contribution in [2.45, 2.75) is 36.0 Å². The van der Waals surface area contributed by atoms with E-state index in [4.69, 9.17) is 4.74 Å². The molecule has 0 unspecified atom stereocenters. The Morgan fingerprint density at radius 3 is 2.89 bits per heavy atom. The molecule has 0 spiro atoms. The van der Waals surface area contributed by atoms with Crippen LogP contribution in [0, 0.1) is 11.8 Å². The van der Waals surface area contributed by atoms with Crippen molar-refractivity contribution in [2.75, 3.05) is 13.4 Å². The highest BCUT2D eigenvalue weighted by atomic mass is 32.2. The minimum atomic E-state index is -0.840. The molecule has 3 nitrogen and oxygen atoms in total. The summed E-state index contributed by atoms with van der Waals surface area (Å²) < 4.78 is 4.40. The van der Waals surface area contributed by atoms with Crippen LogP contribution in [-0.2, 0) is 9.53 Å². The molecule has 1 N–H and O–H groups in total. The van der Waals surface area contributed by atoms with Gasteiger partial charge in [0.05, 0.1) is 12.7 Å². The van der Waals surface area contributed by atoms with Gasteiger partial charge in [-0.2, -0.15) is 0 Å². The molecule has 0 heterocycles. The van der Waals surface area contributed by atoms with Gasteiger partial charge in [0.2, 0.25) is 0 Å². The van der Waals surface area contributed by atoms with Gasteiger partial charge in [-0.05, 0) is 37.5 Å². The normalized spacial score (nSPS) is 43.6. The molecular weight excluding hydrogens is 260 g/mol. The number of methoxy groups -OCH3 is 1. The van der Waals surface area contributed by atoms with Crippen LogP contribution in [0.4, 0.5) is 0 Å². The van der Waals surface area contributed by atoms with Crippen molar-refractivity contribution in [1.29, 1.82) is 0 Å². The molecule has 0 aromatic rings. The summed E-state index contributed by atoms with van der Waals surface area (Å²) in [4.78, 5) is 12.3. The Morgan fingerprint density at radius 2 is 2.32 bits per heavy atom. The third-order valence-electron chi connectivity index (χ3n) is 5.03. The summed E-state index contributed by atoms with van der Waals surface area (Å²) in [6, 6.07) is 0. The molecule has 0 aromatic carbocycles. The molecule has 4 heteroatoms. The van der Waals surface area contributed by atoms with Crippen LogP contribution in [0.1, 0.15) is 25.7 Å². The highest BCUT2D eigenvalue weighted by molar-refractivity contribution is 8.00. The van der Waals surface area contributed by atoms with Crippen molar-refractivity contribution < 1.29 is 14.6 Å². The van der Waals surface area contributed by atoms with Gasteiger partial charge in [-0.3, -0.25) is 4.79 Å². The number of carbonyl (C=O) groups excluding carboxylic acids is 1. The molecule has 4 atom stereocenters. The van der Waals surface area contributed by atoms with Gasteiger partial charge in [0, 0.05) is 11.8 Å². The number of thioether (sulfide) groups is 1. The molecule has 1 saturated carbocycles. The molecule has 0 radical (unpaired) electrons. The summed E-state index contributed by atoms with van der Waals surface area (Å²) in [7, 11) is 1.44. The fraction of sp³-hybridized carbons (Fsp3) is 0.667. The topological polar surface area (TPSA) is 46.5 Å². The molecule has 3 rings (SSSR count). The maximum absolute atomic E-state index is 12.3. The van der Waals surface area contributed by atoms with Gasteiger partial charge in [-0.15, -0.1) is 11.8 Å². The van der Waals surface area contributed by atoms with E-state index < -0.39 is 10.3 Å². The monoisotopic (exact) mass is 280 g/mol. The maximum Gasteiger partial charge on any atom is 0.323 e. The SMILES string of the molecule is COC(=O)[C@@]1(SC)[C@H]2C=C[C@H]1C[C@@]2(O)C1=CCCC1. The summed E-state index contributed by atoms with van der Waals surface area (Å²) in [5.74, 6) is -0.280. The van der Waals surface area contributed by atoms with Gasteiger partial charge in [0.25, 0.3) is 0 Å². The zero-order valence-electron chi connectivity index (χ0n) is 11.4. The van der Waals surface area contributed by atoms with E-state index >= 15 is 0 Å². The van der Waals surface area contributed by atoms with Crippen molar-refractivity contribution in [3.05, 3.63) is 23.8 Å². The Kier molecular flexibility index (Phi) is 3.06. The van der Waals surface area contributed by atoms with Gasteiger partial charge >= 0.3 is 5.97 Å². The molecule has 0 saturated heterocycles. The molecule has 3 aliphatic rings. The number of esters is 1. The predicted molar refractivity (Wildman–Crippen MR) is 75.9 cm³/mol. The van der Waals surface area contributed by atoms with E-state index in [1.807, 2.05) is 12.3 Å². The molecule has 0 aromatic heterocycles. The fourth-order valence-electron chi connectivity index (χ4n) is 4.15. The number of fused-ring (bicyclic) bond motifs is 2. The van der Waals surface area contributed by atoms with Crippen molar-refractivity contribution in [3.8, 4) is 0 Å². The molecule has 0 aliphatic heterocycles. The van der Waals surface area contributed by atoms with Crippen molar-refractivity contribution >= 4 is 17.7 Å². The standard InChI is InChI=1S/C15H20O3S/c1-18-13(16)15(19-2)11-7-8-12(15)14(17,9-11)10-5-3-4-6-10/h5,7-8,11-12,17H,3-4,6,9H2,1-2H3/t11-,12-,14+,15-/m0/s1. The first-order valence-electron chi connectivity index (χ1n) is 6.83. The molecule has 19 heavy (non-hydrogen) atoms. The molecule has 3 aliphatic carbocycles. The first-order valence-corrected chi connectivity index (χ1v) is 8.06. The Labute approximate surface area is 118 Å². The van der Waals surface area contributed by atoms with Crippen LogP contribution in [0.5, 0.6) is 0 Å². The third-order valence-corrected chi connectivity index (χ3v) is 6.43. The van der Waals surface area contributed by atoms with E-state index in [0.29, 0.717) is 6.42 Å². The summed E-state index contributed by atoms with van der Waals surface area (Å²) in [6.07, 6.45) is 12.0. The van der Waals surface area contributed by atoms with E-state index in [2.05, 4.69) is 12.2 Å². The van der Waals surface area contributed by atoms with Gasteiger partial charge in [-0.1, -0.05) is 18.2 Å². The van der Waals surface area contributed by atoms with Gasteiger partial charge in [-0.25, -0.2) is 0 Å². The van der Waals surface area contributed by atoms with Crippen LogP contribution >= 0.6 is 11.8 Å². The van der Waals surface area contributed by atoms with Crippen molar-refractivity contribution in [3.63, 3.8) is 0 Å². The number of aliphatic hydroxyl groups is 1. The number of hydrogen-bond donors (Lipinski definition) is 1. The number of ether oxygens (including phenoxy) is 1.